The number of carboxylic acid groups (broad SMARTS) is 1. The minimum absolute atomic E-state index is 0.0293. The van der Waals surface area contributed by atoms with Crippen LogP contribution in [0.5, 0.6) is 0 Å². The monoisotopic (exact) mass is 291 g/mol. The number of aromatic nitrogens is 1. The molecule has 2 unspecified atom stereocenters. The van der Waals surface area contributed by atoms with Crippen molar-refractivity contribution in [3.63, 3.8) is 0 Å². The number of aliphatic carboxylic acids is 1. The van der Waals surface area contributed by atoms with E-state index in [1.165, 1.54) is 0 Å². The Kier molecular flexibility index (Phi) is 4.77. The Balaban J connectivity index is 1.96. The van der Waals surface area contributed by atoms with Crippen molar-refractivity contribution in [2.75, 3.05) is 25.5 Å². The highest BCUT2D eigenvalue weighted by Gasteiger charge is 2.32. The molecule has 1 aromatic rings. The van der Waals surface area contributed by atoms with Crippen LogP contribution in [0.1, 0.15) is 29.6 Å². The highest BCUT2D eigenvalue weighted by atomic mass is 16.4. The van der Waals surface area contributed by atoms with Crippen molar-refractivity contribution in [3.05, 3.63) is 23.9 Å². The molecule has 1 amide bonds. The predicted molar refractivity (Wildman–Crippen MR) is 79.4 cm³/mol. The van der Waals surface area contributed by atoms with E-state index in [0.717, 1.165) is 12.8 Å². The molecule has 114 valence electrons. The molecule has 21 heavy (non-hydrogen) atoms. The van der Waals surface area contributed by atoms with E-state index in [0.29, 0.717) is 24.3 Å². The zero-order valence-corrected chi connectivity index (χ0v) is 12.4. The summed E-state index contributed by atoms with van der Waals surface area (Å²) in [7, 11) is 3.72. The fourth-order valence-corrected chi connectivity index (χ4v) is 2.74. The first-order valence-electron chi connectivity index (χ1n) is 7.13. The summed E-state index contributed by atoms with van der Waals surface area (Å²) in [5, 5.41) is 12.0. The molecule has 2 atom stereocenters. The maximum Gasteiger partial charge on any atom is 0.306 e. The third-order valence-corrected chi connectivity index (χ3v) is 3.97. The second kappa shape index (κ2) is 6.56. The van der Waals surface area contributed by atoms with E-state index in [2.05, 4.69) is 10.3 Å². The lowest BCUT2D eigenvalue weighted by molar-refractivity contribution is -0.142. The standard InChI is InChI=1S/C15H21N3O3/c1-18(2)13-8-10(6-7-16-13)14(19)17-9-11-4-3-5-12(11)15(20)21/h6-8,11-12H,3-5,9H2,1-2H3,(H,17,19)(H,20,21). The molecule has 2 N–H and O–H groups in total. The molecule has 0 radical (unpaired) electrons. The van der Waals surface area contributed by atoms with Crippen LogP contribution >= 0.6 is 0 Å². The van der Waals surface area contributed by atoms with Crippen LogP contribution in [0.3, 0.4) is 0 Å². The number of nitrogens with one attached hydrogen (secondary N) is 1. The molecule has 1 fully saturated rings. The molecular weight excluding hydrogens is 270 g/mol. The Hall–Kier alpha value is -2.11. The van der Waals surface area contributed by atoms with Crippen LogP contribution in [0.4, 0.5) is 5.82 Å². The summed E-state index contributed by atoms with van der Waals surface area (Å²) in [6, 6.07) is 3.38. The summed E-state index contributed by atoms with van der Waals surface area (Å²) in [6.45, 7) is 0.412. The lowest BCUT2D eigenvalue weighted by atomic mass is 9.96. The maximum atomic E-state index is 12.1. The zero-order chi connectivity index (χ0) is 15.4. The Bertz CT molecular complexity index is 531. The lowest BCUT2D eigenvalue weighted by Gasteiger charge is -2.17. The van der Waals surface area contributed by atoms with Crippen molar-refractivity contribution in [2.45, 2.75) is 19.3 Å². The first-order chi connectivity index (χ1) is 9.99. The molecular formula is C15H21N3O3. The summed E-state index contributed by atoms with van der Waals surface area (Å²) in [6.07, 6.45) is 4.07. The highest BCUT2D eigenvalue weighted by molar-refractivity contribution is 5.94. The van der Waals surface area contributed by atoms with Crippen LogP contribution in [-0.2, 0) is 4.79 Å². The lowest BCUT2D eigenvalue weighted by Crippen LogP contribution is -2.33. The van der Waals surface area contributed by atoms with Gasteiger partial charge in [-0.2, -0.15) is 0 Å². The average molecular weight is 291 g/mol. The molecule has 2 rings (SSSR count). The topological polar surface area (TPSA) is 82.5 Å². The second-order valence-electron chi connectivity index (χ2n) is 5.64. The Morgan fingerprint density at radius 3 is 2.86 bits per heavy atom. The normalized spacial score (nSPS) is 21.0. The fourth-order valence-electron chi connectivity index (χ4n) is 2.74. The quantitative estimate of drug-likeness (QED) is 0.856. The van der Waals surface area contributed by atoms with E-state index in [4.69, 9.17) is 5.11 Å². The number of amides is 1. The number of carboxylic acids is 1. The van der Waals surface area contributed by atoms with Gasteiger partial charge in [0, 0.05) is 32.4 Å². The number of hydrogen-bond donors (Lipinski definition) is 2. The summed E-state index contributed by atoms with van der Waals surface area (Å²) in [4.78, 5) is 29.3. The van der Waals surface area contributed by atoms with Gasteiger partial charge in [0.15, 0.2) is 0 Å². The highest BCUT2D eigenvalue weighted by Crippen LogP contribution is 2.31. The number of rotatable bonds is 5. The van der Waals surface area contributed by atoms with Crippen LogP contribution < -0.4 is 10.2 Å². The molecule has 1 aromatic heterocycles. The van der Waals surface area contributed by atoms with Crippen molar-refractivity contribution >= 4 is 17.7 Å². The van der Waals surface area contributed by atoms with Gasteiger partial charge in [-0.15, -0.1) is 0 Å². The van der Waals surface area contributed by atoms with Crippen LogP contribution in [0, 0.1) is 11.8 Å². The number of carbonyl (C=O) groups excluding carboxylic acids is 1. The van der Waals surface area contributed by atoms with Crippen molar-refractivity contribution in [1.29, 1.82) is 0 Å². The van der Waals surface area contributed by atoms with Gasteiger partial charge in [0.05, 0.1) is 5.92 Å². The van der Waals surface area contributed by atoms with Crippen molar-refractivity contribution in [3.8, 4) is 0 Å². The molecule has 1 aliphatic rings. The first kappa shape index (κ1) is 15.3. The molecule has 0 aromatic carbocycles. The average Bonchev–Trinajstić information content (AvgIpc) is 2.93. The third-order valence-electron chi connectivity index (χ3n) is 3.97. The van der Waals surface area contributed by atoms with Crippen LogP contribution in [0.2, 0.25) is 0 Å². The van der Waals surface area contributed by atoms with Gasteiger partial charge in [0.25, 0.3) is 5.91 Å². The van der Waals surface area contributed by atoms with Gasteiger partial charge in [-0.25, -0.2) is 4.98 Å². The predicted octanol–water partition coefficient (Wildman–Crippen LogP) is 1.38. The van der Waals surface area contributed by atoms with Gasteiger partial charge in [0.2, 0.25) is 0 Å². The molecule has 6 heteroatoms. The van der Waals surface area contributed by atoms with Gasteiger partial charge in [-0.05, 0) is 30.9 Å². The van der Waals surface area contributed by atoms with E-state index >= 15 is 0 Å². The van der Waals surface area contributed by atoms with Crippen molar-refractivity contribution < 1.29 is 14.7 Å². The first-order valence-corrected chi connectivity index (χ1v) is 7.13. The number of nitrogens with zero attached hydrogens (tertiary/aromatic N) is 2. The Morgan fingerprint density at radius 1 is 1.43 bits per heavy atom. The summed E-state index contributed by atoms with van der Waals surface area (Å²) >= 11 is 0. The van der Waals surface area contributed by atoms with Crippen molar-refractivity contribution in [1.82, 2.24) is 10.3 Å². The second-order valence-corrected chi connectivity index (χ2v) is 5.64. The zero-order valence-electron chi connectivity index (χ0n) is 12.4. The van der Waals surface area contributed by atoms with Gasteiger partial charge >= 0.3 is 5.97 Å². The fraction of sp³-hybridized carbons (Fsp3) is 0.533. The SMILES string of the molecule is CN(C)c1cc(C(=O)NCC2CCCC2C(=O)O)ccn1. The molecule has 0 aliphatic heterocycles. The molecule has 6 nitrogen and oxygen atoms in total. The minimum atomic E-state index is -0.759. The minimum Gasteiger partial charge on any atom is -0.481 e. The van der Waals surface area contributed by atoms with E-state index in [1.54, 1.807) is 18.3 Å². The van der Waals surface area contributed by atoms with Crippen LogP contribution in [0.25, 0.3) is 0 Å². The van der Waals surface area contributed by atoms with E-state index in [9.17, 15) is 9.59 Å². The molecule has 1 heterocycles. The number of pyridine rings is 1. The summed E-state index contributed by atoms with van der Waals surface area (Å²) in [5.41, 5.74) is 0.540. The summed E-state index contributed by atoms with van der Waals surface area (Å²) in [5.74, 6) is -0.532. The largest absolute Gasteiger partial charge is 0.481 e. The van der Waals surface area contributed by atoms with Crippen LogP contribution in [0.15, 0.2) is 18.3 Å². The number of hydrogen-bond acceptors (Lipinski definition) is 4. The van der Waals surface area contributed by atoms with E-state index < -0.39 is 5.97 Å². The Morgan fingerprint density at radius 2 is 2.19 bits per heavy atom. The molecule has 1 saturated carbocycles. The number of anilines is 1. The van der Waals surface area contributed by atoms with Crippen LogP contribution in [-0.4, -0.2) is 42.6 Å². The van der Waals surface area contributed by atoms with Gasteiger partial charge in [-0.3, -0.25) is 9.59 Å². The smallest absolute Gasteiger partial charge is 0.306 e. The van der Waals surface area contributed by atoms with E-state index in [1.807, 2.05) is 19.0 Å². The van der Waals surface area contributed by atoms with Crippen molar-refractivity contribution in [2.24, 2.45) is 11.8 Å². The Labute approximate surface area is 124 Å². The van der Waals surface area contributed by atoms with E-state index in [-0.39, 0.29) is 17.7 Å². The van der Waals surface area contributed by atoms with Gasteiger partial charge < -0.3 is 15.3 Å². The third kappa shape index (κ3) is 3.71. The summed E-state index contributed by atoms with van der Waals surface area (Å²) < 4.78 is 0. The molecule has 0 saturated heterocycles. The maximum absolute atomic E-state index is 12.1. The molecule has 1 aliphatic carbocycles. The molecule has 0 bridgehead atoms. The van der Waals surface area contributed by atoms with Gasteiger partial charge in [0.1, 0.15) is 5.82 Å². The van der Waals surface area contributed by atoms with Gasteiger partial charge in [-0.1, -0.05) is 6.42 Å². The number of carbonyl (C=O) groups is 2. The molecule has 0 spiro atoms.